The minimum atomic E-state index is 0.152. The molecule has 0 spiro atoms. The Balaban J connectivity index is 1.77. The van der Waals surface area contributed by atoms with Crippen LogP contribution in [0.2, 0.25) is 0 Å². The first-order valence-corrected chi connectivity index (χ1v) is 6.54. The second kappa shape index (κ2) is 5.53. The minimum Gasteiger partial charge on any atom is -0.335 e. The summed E-state index contributed by atoms with van der Waals surface area (Å²) >= 11 is 0. The molecule has 2 aliphatic heterocycles. The molecule has 2 unspecified atom stereocenters. The summed E-state index contributed by atoms with van der Waals surface area (Å²) in [4.78, 5) is 13.9. The number of likely N-dealkylation sites (tertiary alicyclic amines) is 1. The Morgan fingerprint density at radius 1 is 1.31 bits per heavy atom. The molecule has 16 heavy (non-hydrogen) atoms. The maximum atomic E-state index is 12.0. The van der Waals surface area contributed by atoms with Gasteiger partial charge in [0.25, 0.3) is 0 Å². The molecule has 2 saturated heterocycles. The minimum absolute atomic E-state index is 0.152. The third kappa shape index (κ3) is 3.11. The molecule has 0 radical (unpaired) electrons. The van der Waals surface area contributed by atoms with Gasteiger partial charge in [-0.05, 0) is 45.6 Å². The molecule has 0 aliphatic carbocycles. The topological polar surface area (TPSA) is 44.4 Å². The summed E-state index contributed by atoms with van der Waals surface area (Å²) in [5.74, 6) is 0. The zero-order chi connectivity index (χ0) is 11.4. The van der Waals surface area contributed by atoms with E-state index in [1.807, 2.05) is 4.90 Å². The Morgan fingerprint density at radius 2 is 2.06 bits per heavy atom. The van der Waals surface area contributed by atoms with Gasteiger partial charge in [0.1, 0.15) is 0 Å². The Morgan fingerprint density at radius 3 is 2.75 bits per heavy atom. The van der Waals surface area contributed by atoms with Gasteiger partial charge in [0.15, 0.2) is 0 Å². The number of piperidine rings is 2. The molecular formula is C12H23N3O. The van der Waals surface area contributed by atoms with Gasteiger partial charge in [0, 0.05) is 25.2 Å². The van der Waals surface area contributed by atoms with E-state index in [1.165, 1.54) is 6.42 Å². The predicted octanol–water partition coefficient (Wildman–Crippen LogP) is 1.32. The van der Waals surface area contributed by atoms with E-state index in [2.05, 4.69) is 17.6 Å². The normalized spacial score (nSPS) is 31.2. The van der Waals surface area contributed by atoms with Crippen molar-refractivity contribution in [2.75, 3.05) is 19.6 Å². The van der Waals surface area contributed by atoms with Crippen molar-refractivity contribution in [3.05, 3.63) is 0 Å². The first kappa shape index (κ1) is 11.7. The van der Waals surface area contributed by atoms with E-state index in [4.69, 9.17) is 0 Å². The van der Waals surface area contributed by atoms with Crippen molar-refractivity contribution in [2.45, 2.75) is 51.1 Å². The lowest BCUT2D eigenvalue weighted by Gasteiger charge is -2.32. The molecule has 0 aromatic rings. The molecule has 4 nitrogen and oxygen atoms in total. The van der Waals surface area contributed by atoms with Crippen LogP contribution in [0.25, 0.3) is 0 Å². The van der Waals surface area contributed by atoms with Gasteiger partial charge < -0.3 is 15.5 Å². The highest BCUT2D eigenvalue weighted by atomic mass is 16.2. The number of amides is 2. The van der Waals surface area contributed by atoms with Crippen LogP contribution in [0.4, 0.5) is 4.79 Å². The highest BCUT2D eigenvalue weighted by Crippen LogP contribution is 2.11. The number of hydrogen-bond donors (Lipinski definition) is 2. The molecular weight excluding hydrogens is 202 g/mol. The SMILES string of the molecule is CC1CC(NC(=O)N2CCCCC2)CCN1. The van der Waals surface area contributed by atoms with E-state index in [9.17, 15) is 4.79 Å². The van der Waals surface area contributed by atoms with Crippen LogP contribution < -0.4 is 10.6 Å². The van der Waals surface area contributed by atoms with Crippen LogP contribution in [0.15, 0.2) is 0 Å². The summed E-state index contributed by atoms with van der Waals surface area (Å²) in [6, 6.07) is 1.05. The average Bonchev–Trinajstić information content (AvgIpc) is 2.30. The molecule has 0 aromatic carbocycles. The lowest BCUT2D eigenvalue weighted by molar-refractivity contribution is 0.178. The molecule has 2 N–H and O–H groups in total. The molecule has 2 fully saturated rings. The fraction of sp³-hybridized carbons (Fsp3) is 0.917. The van der Waals surface area contributed by atoms with Crippen molar-refractivity contribution in [1.82, 2.24) is 15.5 Å². The van der Waals surface area contributed by atoms with Crippen LogP contribution in [0.3, 0.4) is 0 Å². The summed E-state index contributed by atoms with van der Waals surface area (Å²) in [5, 5.41) is 6.57. The highest BCUT2D eigenvalue weighted by Gasteiger charge is 2.23. The standard InChI is InChI=1S/C12H23N3O/c1-10-9-11(5-6-13-10)14-12(16)15-7-3-2-4-8-15/h10-11,13H,2-9H2,1H3,(H,14,16). The van der Waals surface area contributed by atoms with Crippen LogP contribution in [-0.2, 0) is 0 Å². The summed E-state index contributed by atoms with van der Waals surface area (Å²) in [6.45, 7) is 5.07. The zero-order valence-corrected chi connectivity index (χ0v) is 10.2. The van der Waals surface area contributed by atoms with Crippen molar-refractivity contribution in [2.24, 2.45) is 0 Å². The Kier molecular flexibility index (Phi) is 4.04. The third-order valence-corrected chi connectivity index (χ3v) is 3.59. The maximum Gasteiger partial charge on any atom is 0.317 e. The second-order valence-electron chi connectivity index (χ2n) is 5.07. The Bertz CT molecular complexity index is 238. The van der Waals surface area contributed by atoms with E-state index < -0.39 is 0 Å². The van der Waals surface area contributed by atoms with Gasteiger partial charge in [0.2, 0.25) is 0 Å². The number of urea groups is 1. The zero-order valence-electron chi connectivity index (χ0n) is 10.2. The lowest BCUT2D eigenvalue weighted by atomic mass is 10.0. The van der Waals surface area contributed by atoms with E-state index in [0.717, 1.165) is 45.3 Å². The molecule has 0 aromatic heterocycles. The first-order valence-electron chi connectivity index (χ1n) is 6.54. The number of hydrogen-bond acceptors (Lipinski definition) is 2. The fourth-order valence-corrected chi connectivity index (χ4v) is 2.63. The molecule has 2 amide bonds. The number of carbonyl (C=O) groups excluding carboxylic acids is 1. The quantitative estimate of drug-likeness (QED) is 0.707. The van der Waals surface area contributed by atoms with Crippen molar-refractivity contribution >= 4 is 6.03 Å². The van der Waals surface area contributed by atoms with Crippen molar-refractivity contribution in [3.8, 4) is 0 Å². The van der Waals surface area contributed by atoms with Gasteiger partial charge >= 0.3 is 6.03 Å². The lowest BCUT2D eigenvalue weighted by Crippen LogP contribution is -2.51. The second-order valence-corrected chi connectivity index (χ2v) is 5.07. The van der Waals surface area contributed by atoms with Gasteiger partial charge in [-0.2, -0.15) is 0 Å². The predicted molar refractivity (Wildman–Crippen MR) is 64.4 cm³/mol. The van der Waals surface area contributed by atoms with Crippen molar-refractivity contribution < 1.29 is 4.79 Å². The van der Waals surface area contributed by atoms with E-state index >= 15 is 0 Å². The van der Waals surface area contributed by atoms with Crippen LogP contribution in [0, 0.1) is 0 Å². The van der Waals surface area contributed by atoms with Crippen molar-refractivity contribution in [3.63, 3.8) is 0 Å². The van der Waals surface area contributed by atoms with Gasteiger partial charge in [-0.25, -0.2) is 4.79 Å². The van der Waals surface area contributed by atoms with Crippen LogP contribution in [0.1, 0.15) is 39.0 Å². The van der Waals surface area contributed by atoms with Crippen molar-refractivity contribution in [1.29, 1.82) is 0 Å². The molecule has 0 saturated carbocycles. The molecule has 2 aliphatic rings. The number of carbonyl (C=O) groups is 1. The van der Waals surface area contributed by atoms with E-state index in [1.54, 1.807) is 0 Å². The summed E-state index contributed by atoms with van der Waals surface area (Å²) < 4.78 is 0. The van der Waals surface area contributed by atoms with Gasteiger partial charge in [0.05, 0.1) is 0 Å². The number of rotatable bonds is 1. The summed E-state index contributed by atoms with van der Waals surface area (Å²) in [5.41, 5.74) is 0. The largest absolute Gasteiger partial charge is 0.335 e. The number of nitrogens with one attached hydrogen (secondary N) is 2. The highest BCUT2D eigenvalue weighted by molar-refractivity contribution is 5.74. The third-order valence-electron chi connectivity index (χ3n) is 3.59. The summed E-state index contributed by atoms with van der Waals surface area (Å²) in [6.07, 6.45) is 5.71. The smallest absolute Gasteiger partial charge is 0.317 e. The van der Waals surface area contributed by atoms with Crippen LogP contribution in [0.5, 0.6) is 0 Å². The monoisotopic (exact) mass is 225 g/mol. The molecule has 0 bridgehead atoms. The van der Waals surface area contributed by atoms with Crippen LogP contribution in [-0.4, -0.2) is 42.6 Å². The van der Waals surface area contributed by atoms with Gasteiger partial charge in [-0.3, -0.25) is 0 Å². The maximum absolute atomic E-state index is 12.0. The Hall–Kier alpha value is -0.770. The molecule has 4 heteroatoms. The molecule has 92 valence electrons. The average molecular weight is 225 g/mol. The van der Waals surface area contributed by atoms with E-state index in [-0.39, 0.29) is 6.03 Å². The van der Waals surface area contributed by atoms with Gasteiger partial charge in [-0.1, -0.05) is 0 Å². The Labute approximate surface area is 97.8 Å². The molecule has 2 rings (SSSR count). The van der Waals surface area contributed by atoms with Crippen LogP contribution >= 0.6 is 0 Å². The number of nitrogens with zero attached hydrogens (tertiary/aromatic N) is 1. The summed E-state index contributed by atoms with van der Waals surface area (Å²) in [7, 11) is 0. The molecule has 2 heterocycles. The van der Waals surface area contributed by atoms with E-state index in [0.29, 0.717) is 12.1 Å². The first-order chi connectivity index (χ1) is 7.75. The fourth-order valence-electron chi connectivity index (χ4n) is 2.63. The van der Waals surface area contributed by atoms with Gasteiger partial charge in [-0.15, -0.1) is 0 Å². The molecule has 2 atom stereocenters.